The predicted octanol–water partition coefficient (Wildman–Crippen LogP) is 4.18. The van der Waals surface area contributed by atoms with Crippen molar-refractivity contribution in [2.24, 2.45) is 0 Å². The van der Waals surface area contributed by atoms with Crippen molar-refractivity contribution >= 4 is 34.4 Å². The van der Waals surface area contributed by atoms with E-state index in [0.717, 1.165) is 17.1 Å². The van der Waals surface area contributed by atoms with E-state index in [-0.39, 0.29) is 11.7 Å². The number of anilines is 1. The molecule has 0 aliphatic carbocycles. The normalized spacial score (nSPS) is 17.3. The molecule has 0 radical (unpaired) electrons. The summed E-state index contributed by atoms with van der Waals surface area (Å²) in [4.78, 5) is 12.9. The van der Waals surface area contributed by atoms with Crippen molar-refractivity contribution in [3.63, 3.8) is 0 Å². The zero-order chi connectivity index (χ0) is 12.5. The Morgan fingerprint density at radius 3 is 2.94 bits per heavy atom. The lowest BCUT2D eigenvalue weighted by atomic mass is 9.95. The predicted molar refractivity (Wildman–Crippen MR) is 75.9 cm³/mol. The monoisotopic (exact) mass is 277 g/mol. The van der Waals surface area contributed by atoms with Gasteiger partial charge in [-0.25, -0.2) is 0 Å². The second kappa shape index (κ2) is 4.75. The summed E-state index contributed by atoms with van der Waals surface area (Å²) in [5, 5.41) is 3.34. The van der Waals surface area contributed by atoms with Crippen LogP contribution in [0.4, 0.5) is 5.69 Å². The lowest BCUT2D eigenvalue weighted by Crippen LogP contribution is -2.08. The summed E-state index contributed by atoms with van der Waals surface area (Å²) in [5.41, 5.74) is 2.40. The van der Waals surface area contributed by atoms with Gasteiger partial charge in [-0.2, -0.15) is 0 Å². The average molecular weight is 278 g/mol. The highest BCUT2D eigenvalue weighted by Gasteiger charge is 2.24. The van der Waals surface area contributed by atoms with E-state index in [0.29, 0.717) is 10.8 Å². The maximum absolute atomic E-state index is 12.1. The molecule has 0 saturated carbocycles. The summed E-state index contributed by atoms with van der Waals surface area (Å²) in [6, 6.07) is 11.8. The van der Waals surface area contributed by atoms with E-state index in [1.54, 1.807) is 6.07 Å². The first-order valence-corrected chi connectivity index (χ1v) is 7.05. The van der Waals surface area contributed by atoms with Crippen molar-refractivity contribution in [2.45, 2.75) is 12.3 Å². The van der Waals surface area contributed by atoms with Crippen LogP contribution in [0.3, 0.4) is 0 Å². The van der Waals surface area contributed by atoms with Crippen LogP contribution in [0.1, 0.15) is 27.6 Å². The number of nitrogens with one attached hydrogen (secondary N) is 1. The highest BCUT2D eigenvalue weighted by Crippen LogP contribution is 2.34. The third kappa shape index (κ3) is 2.16. The molecule has 1 aromatic carbocycles. The topological polar surface area (TPSA) is 29.1 Å². The van der Waals surface area contributed by atoms with Gasteiger partial charge in [-0.05, 0) is 23.8 Å². The van der Waals surface area contributed by atoms with E-state index in [4.69, 9.17) is 11.6 Å². The summed E-state index contributed by atoms with van der Waals surface area (Å²) in [6.07, 6.45) is 0.543. The first kappa shape index (κ1) is 11.8. The molecule has 0 fully saturated rings. The number of hydrogen-bond donors (Lipinski definition) is 1. The average Bonchev–Trinajstić information content (AvgIpc) is 2.97. The molecule has 1 aliphatic heterocycles. The minimum Gasteiger partial charge on any atom is -0.384 e. The smallest absolute Gasteiger partial charge is 0.173 e. The molecule has 92 valence electrons. The molecule has 4 heteroatoms. The van der Waals surface area contributed by atoms with Crippen LogP contribution in [0.25, 0.3) is 0 Å². The highest BCUT2D eigenvalue weighted by molar-refractivity contribution is 7.18. The molecule has 0 spiro atoms. The van der Waals surface area contributed by atoms with Gasteiger partial charge in [0.15, 0.2) is 5.78 Å². The third-order valence-electron chi connectivity index (χ3n) is 3.22. The highest BCUT2D eigenvalue weighted by atomic mass is 35.5. The van der Waals surface area contributed by atoms with Crippen LogP contribution in [0.5, 0.6) is 0 Å². The lowest BCUT2D eigenvalue weighted by Gasteiger charge is -2.07. The van der Waals surface area contributed by atoms with Gasteiger partial charge in [-0.15, -0.1) is 11.3 Å². The second-order valence-electron chi connectivity index (χ2n) is 4.40. The molecule has 1 N–H and O–H groups in total. The number of fused-ring (bicyclic) bond motifs is 1. The fraction of sp³-hybridized carbons (Fsp3) is 0.214. The maximum Gasteiger partial charge on any atom is 0.173 e. The van der Waals surface area contributed by atoms with Crippen molar-refractivity contribution in [1.82, 2.24) is 0 Å². The van der Waals surface area contributed by atoms with E-state index in [9.17, 15) is 4.79 Å². The van der Waals surface area contributed by atoms with Gasteiger partial charge in [0.25, 0.3) is 0 Å². The van der Waals surface area contributed by atoms with Crippen LogP contribution >= 0.6 is 22.9 Å². The quantitative estimate of drug-likeness (QED) is 0.853. The number of benzene rings is 1. The zero-order valence-electron chi connectivity index (χ0n) is 9.65. The summed E-state index contributed by atoms with van der Waals surface area (Å²) < 4.78 is 0.670. The molecule has 2 nitrogen and oxygen atoms in total. The van der Waals surface area contributed by atoms with Gasteiger partial charge in [0.2, 0.25) is 0 Å². The van der Waals surface area contributed by atoms with E-state index in [2.05, 4.69) is 17.4 Å². The minimum atomic E-state index is 0.176. The van der Waals surface area contributed by atoms with Crippen LogP contribution in [-0.2, 0) is 0 Å². The van der Waals surface area contributed by atoms with Gasteiger partial charge >= 0.3 is 0 Å². The van der Waals surface area contributed by atoms with Gasteiger partial charge in [0.05, 0.1) is 9.21 Å². The Bertz CT molecular complexity index is 593. The molecule has 1 atom stereocenters. The van der Waals surface area contributed by atoms with Crippen molar-refractivity contribution in [3.8, 4) is 0 Å². The van der Waals surface area contributed by atoms with Crippen LogP contribution in [0, 0.1) is 0 Å². The van der Waals surface area contributed by atoms with Gasteiger partial charge < -0.3 is 5.32 Å². The first-order valence-electron chi connectivity index (χ1n) is 5.85. The molecule has 0 amide bonds. The standard InChI is InChI=1S/C14H12ClNOS/c15-14-6-5-13(18-14)12(17)7-9-8-16-11-4-2-1-3-10(9)11/h1-6,9,16H,7-8H2. The fourth-order valence-corrected chi connectivity index (χ4v) is 3.32. The number of para-hydroxylation sites is 1. The molecule has 1 unspecified atom stereocenters. The number of ketones is 1. The molecule has 2 aromatic rings. The SMILES string of the molecule is O=C(CC1CNc2ccccc21)c1ccc(Cl)s1. The zero-order valence-corrected chi connectivity index (χ0v) is 11.2. The number of carbonyl (C=O) groups excluding carboxylic acids is 1. The molecule has 0 saturated heterocycles. The molecule has 2 heterocycles. The van der Waals surface area contributed by atoms with Gasteiger partial charge in [0.1, 0.15) is 0 Å². The summed E-state index contributed by atoms with van der Waals surface area (Å²) in [6.45, 7) is 0.837. The molecule has 1 aliphatic rings. The van der Waals surface area contributed by atoms with E-state index in [1.807, 2.05) is 18.2 Å². The Kier molecular flexibility index (Phi) is 3.10. The Morgan fingerprint density at radius 2 is 2.17 bits per heavy atom. The number of carbonyl (C=O) groups is 1. The largest absolute Gasteiger partial charge is 0.384 e. The molecule has 3 rings (SSSR count). The van der Waals surface area contributed by atoms with Gasteiger partial charge in [-0.3, -0.25) is 4.79 Å². The molecular weight excluding hydrogens is 266 g/mol. The van der Waals surface area contributed by atoms with E-state index < -0.39 is 0 Å². The number of halogens is 1. The van der Waals surface area contributed by atoms with Crippen LogP contribution in [-0.4, -0.2) is 12.3 Å². The van der Waals surface area contributed by atoms with Gasteiger partial charge in [-0.1, -0.05) is 29.8 Å². The molecular formula is C14H12ClNOS. The molecule has 18 heavy (non-hydrogen) atoms. The first-order chi connectivity index (χ1) is 8.74. The van der Waals surface area contributed by atoms with E-state index in [1.165, 1.54) is 16.9 Å². The molecule has 1 aromatic heterocycles. The number of rotatable bonds is 3. The fourth-order valence-electron chi connectivity index (χ4n) is 2.33. The maximum atomic E-state index is 12.1. The van der Waals surface area contributed by atoms with Crippen molar-refractivity contribution in [2.75, 3.05) is 11.9 Å². The third-order valence-corrected chi connectivity index (χ3v) is 4.49. The Hall–Kier alpha value is -1.32. The lowest BCUT2D eigenvalue weighted by molar-refractivity contribution is 0.0979. The van der Waals surface area contributed by atoms with Crippen LogP contribution in [0.2, 0.25) is 4.34 Å². The summed E-state index contributed by atoms with van der Waals surface area (Å²) in [7, 11) is 0. The number of thiophene rings is 1. The number of Topliss-reactive ketones (excluding diaryl/α,β-unsaturated/α-hetero) is 1. The minimum absolute atomic E-state index is 0.176. The van der Waals surface area contributed by atoms with E-state index >= 15 is 0 Å². The summed E-state index contributed by atoms with van der Waals surface area (Å²) >= 11 is 7.21. The molecule has 0 bridgehead atoms. The van der Waals surface area contributed by atoms with Crippen molar-refractivity contribution < 1.29 is 4.79 Å². The van der Waals surface area contributed by atoms with Crippen LogP contribution < -0.4 is 5.32 Å². The Morgan fingerprint density at radius 1 is 1.33 bits per heavy atom. The second-order valence-corrected chi connectivity index (χ2v) is 6.11. The van der Waals surface area contributed by atoms with Crippen LogP contribution in [0.15, 0.2) is 36.4 Å². The van der Waals surface area contributed by atoms with Gasteiger partial charge in [0, 0.05) is 24.6 Å². The number of hydrogen-bond acceptors (Lipinski definition) is 3. The van der Waals surface area contributed by atoms with Crippen molar-refractivity contribution in [3.05, 3.63) is 51.2 Å². The Balaban J connectivity index is 1.77. The summed E-state index contributed by atoms with van der Waals surface area (Å²) in [5.74, 6) is 0.449. The Labute approximate surface area is 115 Å². The van der Waals surface area contributed by atoms with Crippen molar-refractivity contribution in [1.29, 1.82) is 0 Å².